The van der Waals surface area contributed by atoms with Crippen molar-refractivity contribution in [2.24, 2.45) is 0 Å². The van der Waals surface area contributed by atoms with E-state index in [2.05, 4.69) is 5.32 Å². The van der Waals surface area contributed by atoms with Crippen LogP contribution in [0.25, 0.3) is 0 Å². The van der Waals surface area contributed by atoms with Crippen LogP contribution in [-0.4, -0.2) is 5.91 Å². The lowest BCUT2D eigenvalue weighted by atomic mass is 10.3. The van der Waals surface area contributed by atoms with Crippen molar-refractivity contribution >= 4 is 17.2 Å². The number of amides is 1. The first-order valence-corrected chi connectivity index (χ1v) is 4.33. The summed E-state index contributed by atoms with van der Waals surface area (Å²) in [5.41, 5.74) is 1.15. The lowest BCUT2D eigenvalue weighted by Crippen LogP contribution is -2.20. The van der Waals surface area contributed by atoms with Gasteiger partial charge in [-0.05, 0) is 23.9 Å². The van der Waals surface area contributed by atoms with Gasteiger partial charge in [-0.15, -0.1) is 11.3 Å². The van der Waals surface area contributed by atoms with Gasteiger partial charge in [0.05, 0.1) is 6.54 Å². The highest BCUT2D eigenvalue weighted by Gasteiger charge is 2.01. The van der Waals surface area contributed by atoms with Crippen molar-refractivity contribution in [1.29, 1.82) is 5.26 Å². The first-order valence-electron chi connectivity index (χ1n) is 3.45. The molecular weight excluding hydrogens is 172 g/mol. The zero-order valence-electron chi connectivity index (χ0n) is 6.63. The molecule has 1 aromatic rings. The molecule has 1 rings (SSSR count). The smallest absolute Gasteiger partial charge is 0.322 e. The first kappa shape index (κ1) is 8.75. The molecule has 0 atom stereocenters. The number of aryl methyl sites for hydroxylation is 1. The normalized spacial score (nSPS) is 9.00. The molecule has 0 saturated heterocycles. The Morgan fingerprint density at radius 2 is 2.58 bits per heavy atom. The van der Waals surface area contributed by atoms with Gasteiger partial charge in [0.2, 0.25) is 0 Å². The molecule has 0 aliphatic heterocycles. The minimum Gasteiger partial charge on any atom is -0.339 e. The van der Waals surface area contributed by atoms with Gasteiger partial charge in [0.1, 0.15) is 0 Å². The molecule has 0 saturated carbocycles. The minimum atomic E-state index is -0.581. The van der Waals surface area contributed by atoms with Gasteiger partial charge < -0.3 is 5.32 Å². The maximum atomic E-state index is 10.6. The Balaban J connectivity index is 2.50. The van der Waals surface area contributed by atoms with Crippen LogP contribution < -0.4 is 5.32 Å². The number of thiophene rings is 1. The SMILES string of the molecule is Cc1ccsc1CNC(=O)C#N. The molecule has 1 N–H and O–H groups in total. The summed E-state index contributed by atoms with van der Waals surface area (Å²) in [5.74, 6) is -0.581. The number of nitrogens with one attached hydrogen (secondary N) is 1. The highest BCUT2D eigenvalue weighted by molar-refractivity contribution is 7.10. The number of carbonyl (C=O) groups excluding carboxylic acids is 1. The van der Waals surface area contributed by atoms with Gasteiger partial charge in [-0.3, -0.25) is 4.79 Å². The molecule has 0 fully saturated rings. The lowest BCUT2D eigenvalue weighted by molar-refractivity contribution is -0.116. The van der Waals surface area contributed by atoms with E-state index in [9.17, 15) is 4.79 Å². The highest BCUT2D eigenvalue weighted by atomic mass is 32.1. The van der Waals surface area contributed by atoms with Crippen LogP contribution in [0.15, 0.2) is 11.4 Å². The zero-order valence-corrected chi connectivity index (χ0v) is 7.44. The van der Waals surface area contributed by atoms with Crippen LogP contribution in [0.4, 0.5) is 0 Å². The number of nitriles is 1. The molecule has 0 aliphatic rings. The van der Waals surface area contributed by atoms with E-state index < -0.39 is 5.91 Å². The lowest BCUT2D eigenvalue weighted by Gasteiger charge is -1.97. The molecule has 1 aromatic heterocycles. The van der Waals surface area contributed by atoms with Crippen LogP contribution in [0.3, 0.4) is 0 Å². The quantitative estimate of drug-likeness (QED) is 0.695. The molecule has 0 radical (unpaired) electrons. The van der Waals surface area contributed by atoms with Gasteiger partial charge in [0.25, 0.3) is 0 Å². The monoisotopic (exact) mass is 180 g/mol. The van der Waals surface area contributed by atoms with Gasteiger partial charge >= 0.3 is 5.91 Å². The maximum absolute atomic E-state index is 10.6. The Hall–Kier alpha value is -1.34. The van der Waals surface area contributed by atoms with E-state index in [0.717, 1.165) is 10.4 Å². The molecule has 1 amide bonds. The van der Waals surface area contributed by atoms with Gasteiger partial charge in [-0.2, -0.15) is 5.26 Å². The van der Waals surface area contributed by atoms with E-state index in [1.165, 1.54) is 6.07 Å². The highest BCUT2D eigenvalue weighted by Crippen LogP contribution is 2.14. The van der Waals surface area contributed by atoms with Gasteiger partial charge in [0, 0.05) is 4.88 Å². The Bertz CT molecular complexity index is 324. The van der Waals surface area contributed by atoms with E-state index >= 15 is 0 Å². The van der Waals surface area contributed by atoms with Crippen LogP contribution in [0.1, 0.15) is 10.4 Å². The first-order chi connectivity index (χ1) is 5.74. The van der Waals surface area contributed by atoms with E-state index in [-0.39, 0.29) is 0 Å². The number of hydrogen-bond donors (Lipinski definition) is 1. The third kappa shape index (κ3) is 2.07. The average molecular weight is 180 g/mol. The second kappa shape index (κ2) is 3.88. The standard InChI is InChI=1S/C8H8N2OS/c1-6-2-3-12-7(6)5-10-8(11)4-9/h2-3H,5H2,1H3,(H,10,11). The summed E-state index contributed by atoms with van der Waals surface area (Å²) in [4.78, 5) is 11.6. The summed E-state index contributed by atoms with van der Waals surface area (Å²) in [5, 5.41) is 12.6. The third-order valence-electron chi connectivity index (χ3n) is 1.48. The number of hydrogen-bond acceptors (Lipinski definition) is 3. The summed E-state index contributed by atoms with van der Waals surface area (Å²) in [6, 6.07) is 3.49. The minimum absolute atomic E-state index is 0.454. The number of carbonyl (C=O) groups is 1. The molecule has 62 valence electrons. The van der Waals surface area contributed by atoms with Crippen LogP contribution in [0.5, 0.6) is 0 Å². The van der Waals surface area contributed by atoms with Crippen molar-refractivity contribution in [3.05, 3.63) is 21.9 Å². The van der Waals surface area contributed by atoms with Gasteiger partial charge in [-0.1, -0.05) is 0 Å². The molecule has 0 aliphatic carbocycles. The van der Waals surface area contributed by atoms with Crippen LogP contribution in [-0.2, 0) is 11.3 Å². The Morgan fingerprint density at radius 1 is 1.83 bits per heavy atom. The average Bonchev–Trinajstić information content (AvgIpc) is 2.47. The molecular formula is C8H8N2OS. The van der Waals surface area contributed by atoms with Crippen molar-refractivity contribution in [3.63, 3.8) is 0 Å². The van der Waals surface area contributed by atoms with E-state index in [4.69, 9.17) is 5.26 Å². The molecule has 0 unspecified atom stereocenters. The van der Waals surface area contributed by atoms with Crippen molar-refractivity contribution in [3.8, 4) is 6.07 Å². The molecule has 12 heavy (non-hydrogen) atoms. The molecule has 0 aromatic carbocycles. The number of rotatable bonds is 2. The van der Waals surface area contributed by atoms with Crippen LogP contribution in [0.2, 0.25) is 0 Å². The van der Waals surface area contributed by atoms with Crippen LogP contribution >= 0.6 is 11.3 Å². The van der Waals surface area contributed by atoms with Crippen molar-refractivity contribution < 1.29 is 4.79 Å². The van der Waals surface area contributed by atoms with Crippen LogP contribution in [0, 0.1) is 18.3 Å². The summed E-state index contributed by atoms with van der Waals surface area (Å²) in [7, 11) is 0. The van der Waals surface area contributed by atoms with Crippen molar-refractivity contribution in [1.82, 2.24) is 5.32 Å². The van der Waals surface area contributed by atoms with E-state index in [1.807, 2.05) is 18.4 Å². The third-order valence-corrected chi connectivity index (χ3v) is 2.50. The number of nitrogens with zero attached hydrogens (tertiary/aromatic N) is 1. The second-order valence-electron chi connectivity index (χ2n) is 2.32. The summed E-state index contributed by atoms with van der Waals surface area (Å²) < 4.78 is 0. The van der Waals surface area contributed by atoms with E-state index in [1.54, 1.807) is 11.3 Å². The summed E-state index contributed by atoms with van der Waals surface area (Å²) >= 11 is 1.58. The maximum Gasteiger partial charge on any atom is 0.322 e. The molecule has 0 spiro atoms. The Morgan fingerprint density at radius 3 is 3.08 bits per heavy atom. The summed E-state index contributed by atoms with van der Waals surface area (Å²) in [6.45, 7) is 2.43. The fourth-order valence-electron chi connectivity index (χ4n) is 0.785. The summed E-state index contributed by atoms with van der Waals surface area (Å²) in [6.07, 6.45) is 0. The van der Waals surface area contributed by atoms with Crippen molar-refractivity contribution in [2.75, 3.05) is 0 Å². The molecule has 3 nitrogen and oxygen atoms in total. The largest absolute Gasteiger partial charge is 0.339 e. The Labute approximate surface area is 74.6 Å². The zero-order chi connectivity index (χ0) is 8.97. The predicted octanol–water partition coefficient (Wildman–Crippen LogP) is 1.20. The fraction of sp³-hybridized carbons (Fsp3) is 0.250. The Kier molecular flexibility index (Phi) is 2.83. The second-order valence-corrected chi connectivity index (χ2v) is 3.32. The molecule has 4 heteroatoms. The molecule has 0 bridgehead atoms. The van der Waals surface area contributed by atoms with Gasteiger partial charge in [-0.25, -0.2) is 0 Å². The molecule has 1 heterocycles. The fourth-order valence-corrected chi connectivity index (χ4v) is 1.63. The predicted molar refractivity (Wildman–Crippen MR) is 46.5 cm³/mol. The van der Waals surface area contributed by atoms with Gasteiger partial charge in [0.15, 0.2) is 6.07 Å². The van der Waals surface area contributed by atoms with E-state index in [0.29, 0.717) is 6.54 Å². The topological polar surface area (TPSA) is 52.9 Å². The van der Waals surface area contributed by atoms with Crippen molar-refractivity contribution in [2.45, 2.75) is 13.5 Å².